The maximum Gasteiger partial charge on any atom is 0.306 e. The molecule has 0 aromatic rings. The highest BCUT2D eigenvalue weighted by Crippen LogP contribution is 2.22. The summed E-state index contributed by atoms with van der Waals surface area (Å²) < 4.78 is 8.95. The lowest BCUT2D eigenvalue weighted by Crippen LogP contribution is -2.01. The zero-order valence-corrected chi connectivity index (χ0v) is 12.4. The summed E-state index contributed by atoms with van der Waals surface area (Å²) in [6, 6.07) is 0. The first-order valence-electron chi connectivity index (χ1n) is 4.08. The van der Waals surface area contributed by atoms with Gasteiger partial charge in [-0.2, -0.15) is 0 Å². The van der Waals surface area contributed by atoms with Crippen LogP contribution >= 0.6 is 46.4 Å². The van der Waals surface area contributed by atoms with Crippen LogP contribution in [0.5, 0.6) is 0 Å². The third-order valence-corrected chi connectivity index (χ3v) is 3.73. The third kappa shape index (κ3) is 14.2. The van der Waals surface area contributed by atoms with Gasteiger partial charge < -0.3 is 9.47 Å². The number of hydrogen-bond acceptors (Lipinski definition) is 6. The van der Waals surface area contributed by atoms with Crippen molar-refractivity contribution >= 4 is 58.3 Å². The summed E-state index contributed by atoms with van der Waals surface area (Å²) >= 11 is 0. The van der Waals surface area contributed by atoms with Crippen LogP contribution in [0.2, 0.25) is 0 Å². The van der Waals surface area contributed by atoms with E-state index in [0.717, 1.165) is 0 Å². The van der Waals surface area contributed by atoms with Gasteiger partial charge in [0.25, 0.3) is 0 Å². The van der Waals surface area contributed by atoms with E-state index >= 15 is 0 Å². The average molecular weight is 311 g/mol. The highest BCUT2D eigenvalue weighted by Gasteiger charge is 2.02. The molecule has 0 fully saturated rings. The van der Waals surface area contributed by atoms with Crippen LogP contribution in [0.3, 0.4) is 0 Å². The lowest BCUT2D eigenvalue weighted by Gasteiger charge is -2.00. The standard InChI is InChI=1S/C8H14O4S2.2ClH/c1-11-7(9)3-5-13-14-6-4-8(10)12-2;;/h3-6H2,1-2H3;2*1H. The van der Waals surface area contributed by atoms with E-state index in [4.69, 9.17) is 0 Å². The fourth-order valence-corrected chi connectivity index (χ4v) is 2.51. The first-order valence-corrected chi connectivity index (χ1v) is 6.57. The molecule has 0 atom stereocenters. The quantitative estimate of drug-likeness (QED) is 0.409. The van der Waals surface area contributed by atoms with Gasteiger partial charge in [-0.05, 0) is 0 Å². The van der Waals surface area contributed by atoms with Gasteiger partial charge in [0, 0.05) is 11.5 Å². The second-order valence-electron chi connectivity index (χ2n) is 2.30. The summed E-state index contributed by atoms with van der Waals surface area (Å²) in [5.41, 5.74) is 0. The molecule has 0 aliphatic rings. The smallest absolute Gasteiger partial charge is 0.306 e. The molecule has 8 heteroatoms. The van der Waals surface area contributed by atoms with Crippen LogP contribution in [-0.4, -0.2) is 37.7 Å². The molecule has 0 heterocycles. The van der Waals surface area contributed by atoms with Crippen molar-refractivity contribution in [1.82, 2.24) is 0 Å². The lowest BCUT2D eigenvalue weighted by atomic mass is 10.5. The number of rotatable bonds is 7. The minimum Gasteiger partial charge on any atom is -0.469 e. The number of esters is 2. The molecule has 0 radical (unpaired) electrons. The summed E-state index contributed by atoms with van der Waals surface area (Å²) in [5, 5.41) is 0. The number of hydrogen-bond donors (Lipinski definition) is 0. The third-order valence-electron chi connectivity index (χ3n) is 1.32. The SMILES string of the molecule is COC(=O)CCSSCCC(=O)OC.Cl.Cl. The summed E-state index contributed by atoms with van der Waals surface area (Å²) in [6.45, 7) is 0. The molecule has 0 aliphatic heterocycles. The van der Waals surface area contributed by atoms with E-state index < -0.39 is 0 Å². The summed E-state index contributed by atoms with van der Waals surface area (Å²) in [7, 11) is 5.86. The van der Waals surface area contributed by atoms with E-state index in [0.29, 0.717) is 24.3 Å². The highest BCUT2D eigenvalue weighted by molar-refractivity contribution is 8.76. The molecule has 0 saturated carbocycles. The molecule has 0 amide bonds. The van der Waals surface area contributed by atoms with E-state index in [-0.39, 0.29) is 36.8 Å². The Balaban J connectivity index is -0.000000845. The van der Waals surface area contributed by atoms with E-state index in [2.05, 4.69) is 9.47 Å². The van der Waals surface area contributed by atoms with Crippen molar-refractivity contribution < 1.29 is 19.1 Å². The molecule has 0 unspecified atom stereocenters. The van der Waals surface area contributed by atoms with Gasteiger partial charge in [0.1, 0.15) is 0 Å². The molecule has 98 valence electrons. The van der Waals surface area contributed by atoms with Gasteiger partial charge in [0.05, 0.1) is 27.1 Å². The van der Waals surface area contributed by atoms with Crippen molar-refractivity contribution in [3.8, 4) is 0 Å². The van der Waals surface area contributed by atoms with Gasteiger partial charge >= 0.3 is 11.9 Å². The van der Waals surface area contributed by atoms with Crippen LogP contribution in [-0.2, 0) is 19.1 Å². The largest absolute Gasteiger partial charge is 0.469 e. The molecule has 0 bridgehead atoms. The fraction of sp³-hybridized carbons (Fsp3) is 0.750. The van der Waals surface area contributed by atoms with Crippen molar-refractivity contribution in [1.29, 1.82) is 0 Å². The average Bonchev–Trinajstić information content (AvgIpc) is 2.22. The molecule has 0 aliphatic carbocycles. The van der Waals surface area contributed by atoms with Gasteiger partial charge in [0.15, 0.2) is 0 Å². The van der Waals surface area contributed by atoms with E-state index in [1.165, 1.54) is 14.2 Å². The van der Waals surface area contributed by atoms with Crippen LogP contribution < -0.4 is 0 Å². The topological polar surface area (TPSA) is 52.6 Å². The van der Waals surface area contributed by atoms with Crippen molar-refractivity contribution in [2.24, 2.45) is 0 Å². The number of ether oxygens (including phenoxy) is 2. The van der Waals surface area contributed by atoms with Gasteiger partial charge in [-0.3, -0.25) is 9.59 Å². The van der Waals surface area contributed by atoms with Crippen LogP contribution in [0.4, 0.5) is 0 Å². The predicted molar refractivity (Wildman–Crippen MR) is 72.7 cm³/mol. The molecule has 0 spiro atoms. The number of carbonyl (C=O) groups excluding carboxylic acids is 2. The van der Waals surface area contributed by atoms with Crippen LogP contribution in [0.15, 0.2) is 0 Å². The first kappa shape index (κ1) is 21.5. The Kier molecular flexibility index (Phi) is 20.5. The molecule has 0 aromatic carbocycles. The zero-order chi connectivity index (χ0) is 10.8. The molecular formula is C8H16Cl2O4S2. The number of carbonyl (C=O) groups is 2. The molecule has 0 aromatic heterocycles. The number of methoxy groups -OCH3 is 2. The van der Waals surface area contributed by atoms with Gasteiger partial charge in [-0.25, -0.2) is 0 Å². The molecule has 16 heavy (non-hydrogen) atoms. The van der Waals surface area contributed by atoms with E-state index in [1.807, 2.05) is 0 Å². The van der Waals surface area contributed by atoms with Crippen LogP contribution in [0, 0.1) is 0 Å². The maximum absolute atomic E-state index is 10.7. The van der Waals surface area contributed by atoms with Crippen molar-refractivity contribution in [2.45, 2.75) is 12.8 Å². The summed E-state index contributed by atoms with van der Waals surface area (Å²) in [5.74, 6) is 1.01. The minimum absolute atomic E-state index is 0. The molecular weight excluding hydrogens is 295 g/mol. The van der Waals surface area contributed by atoms with Gasteiger partial charge in [0.2, 0.25) is 0 Å². The summed E-state index contributed by atoms with van der Waals surface area (Å²) in [6.07, 6.45) is 0.818. The number of halogens is 2. The Morgan fingerprint density at radius 1 is 0.875 bits per heavy atom. The Hall–Kier alpha value is 0.220. The normalized spacial score (nSPS) is 8.38. The molecule has 0 rings (SSSR count). The van der Waals surface area contributed by atoms with E-state index in [9.17, 15) is 9.59 Å². The van der Waals surface area contributed by atoms with Crippen LogP contribution in [0.25, 0.3) is 0 Å². The second-order valence-corrected chi connectivity index (χ2v) is 5.00. The Morgan fingerprint density at radius 3 is 1.44 bits per heavy atom. The Morgan fingerprint density at radius 2 is 1.19 bits per heavy atom. The Bertz CT molecular complexity index is 173. The first-order chi connectivity index (χ1) is 6.70. The monoisotopic (exact) mass is 310 g/mol. The lowest BCUT2D eigenvalue weighted by molar-refractivity contribution is -0.141. The second kappa shape index (κ2) is 15.2. The highest BCUT2D eigenvalue weighted by atomic mass is 35.5. The van der Waals surface area contributed by atoms with E-state index in [1.54, 1.807) is 21.6 Å². The zero-order valence-electron chi connectivity index (χ0n) is 9.09. The molecule has 4 nitrogen and oxygen atoms in total. The maximum atomic E-state index is 10.7. The predicted octanol–water partition coefficient (Wildman–Crippen LogP) is 2.34. The van der Waals surface area contributed by atoms with Gasteiger partial charge in [-0.1, -0.05) is 21.6 Å². The van der Waals surface area contributed by atoms with Gasteiger partial charge in [-0.15, -0.1) is 24.8 Å². The van der Waals surface area contributed by atoms with Crippen molar-refractivity contribution in [2.75, 3.05) is 25.7 Å². The van der Waals surface area contributed by atoms with Crippen molar-refractivity contribution in [3.05, 3.63) is 0 Å². The molecule has 0 saturated heterocycles. The van der Waals surface area contributed by atoms with Crippen LogP contribution in [0.1, 0.15) is 12.8 Å². The summed E-state index contributed by atoms with van der Waals surface area (Å²) in [4.78, 5) is 21.4. The molecule has 0 N–H and O–H groups in total. The fourth-order valence-electron chi connectivity index (χ4n) is 0.572. The van der Waals surface area contributed by atoms with Crippen molar-refractivity contribution in [3.63, 3.8) is 0 Å². The Labute approximate surface area is 116 Å². The minimum atomic E-state index is -0.203.